The van der Waals surface area contributed by atoms with Crippen molar-refractivity contribution < 1.29 is 17.9 Å². The van der Waals surface area contributed by atoms with Crippen LogP contribution in [0.4, 0.5) is 13.2 Å². The standard InChI is InChI=1S/C19H15F3N2O2/c20-19(21,22)17-8-6-14(10-23-17)11-24-12-15(7-9-18(24)25)13-26-16-4-2-1-3-5-16/h1-10,12H,11,13H2. The molecule has 0 saturated heterocycles. The molecule has 134 valence electrons. The van der Waals surface area contributed by atoms with Crippen molar-refractivity contribution in [1.29, 1.82) is 0 Å². The van der Waals surface area contributed by atoms with Crippen LogP contribution >= 0.6 is 0 Å². The topological polar surface area (TPSA) is 44.1 Å². The molecule has 26 heavy (non-hydrogen) atoms. The average Bonchev–Trinajstić information content (AvgIpc) is 2.63. The molecule has 2 heterocycles. The smallest absolute Gasteiger partial charge is 0.433 e. The minimum Gasteiger partial charge on any atom is -0.489 e. The number of halogens is 3. The number of hydrogen-bond donors (Lipinski definition) is 0. The second-order valence-electron chi connectivity index (χ2n) is 5.65. The van der Waals surface area contributed by atoms with Gasteiger partial charge < -0.3 is 9.30 Å². The lowest BCUT2D eigenvalue weighted by Crippen LogP contribution is -2.20. The van der Waals surface area contributed by atoms with E-state index in [-0.39, 0.29) is 18.7 Å². The molecular formula is C19H15F3N2O2. The largest absolute Gasteiger partial charge is 0.489 e. The van der Waals surface area contributed by atoms with Crippen LogP contribution in [0.25, 0.3) is 0 Å². The quantitative estimate of drug-likeness (QED) is 0.693. The molecule has 0 aliphatic rings. The molecular weight excluding hydrogens is 345 g/mol. The third-order valence-corrected chi connectivity index (χ3v) is 3.66. The second kappa shape index (κ2) is 7.43. The second-order valence-corrected chi connectivity index (χ2v) is 5.65. The molecule has 3 aromatic rings. The maximum absolute atomic E-state index is 12.6. The Morgan fingerprint density at radius 1 is 0.962 bits per heavy atom. The van der Waals surface area contributed by atoms with Gasteiger partial charge >= 0.3 is 6.18 Å². The van der Waals surface area contributed by atoms with Crippen molar-refractivity contribution in [2.75, 3.05) is 0 Å². The van der Waals surface area contributed by atoms with Gasteiger partial charge in [0, 0.05) is 24.0 Å². The van der Waals surface area contributed by atoms with Gasteiger partial charge in [0.15, 0.2) is 0 Å². The van der Waals surface area contributed by atoms with E-state index in [9.17, 15) is 18.0 Å². The number of benzene rings is 1. The van der Waals surface area contributed by atoms with E-state index < -0.39 is 11.9 Å². The first-order chi connectivity index (χ1) is 12.4. The summed E-state index contributed by atoms with van der Waals surface area (Å²) in [7, 11) is 0. The van der Waals surface area contributed by atoms with E-state index in [0.29, 0.717) is 11.3 Å². The molecule has 0 aliphatic heterocycles. The van der Waals surface area contributed by atoms with Crippen LogP contribution in [0, 0.1) is 0 Å². The molecule has 0 radical (unpaired) electrons. The van der Waals surface area contributed by atoms with Crippen molar-refractivity contribution in [3.63, 3.8) is 0 Å². The molecule has 0 fully saturated rings. The average molecular weight is 360 g/mol. The maximum atomic E-state index is 12.6. The highest BCUT2D eigenvalue weighted by molar-refractivity contribution is 5.22. The minimum atomic E-state index is -4.48. The Hall–Kier alpha value is -3.09. The normalized spacial score (nSPS) is 11.3. The summed E-state index contributed by atoms with van der Waals surface area (Å²) in [6, 6.07) is 14.5. The van der Waals surface area contributed by atoms with E-state index in [4.69, 9.17) is 4.74 Å². The molecule has 0 unspecified atom stereocenters. The summed E-state index contributed by atoms with van der Waals surface area (Å²) in [5.74, 6) is 0.706. The first kappa shape index (κ1) is 17.7. The molecule has 0 amide bonds. The first-order valence-corrected chi connectivity index (χ1v) is 7.81. The van der Waals surface area contributed by atoms with E-state index in [1.165, 1.54) is 16.7 Å². The number of pyridine rings is 2. The summed E-state index contributed by atoms with van der Waals surface area (Å²) in [6.45, 7) is 0.401. The molecule has 0 saturated carbocycles. The Morgan fingerprint density at radius 2 is 1.69 bits per heavy atom. The summed E-state index contributed by atoms with van der Waals surface area (Å²) in [6.07, 6.45) is -1.73. The lowest BCUT2D eigenvalue weighted by Gasteiger charge is -2.11. The number of hydrogen-bond acceptors (Lipinski definition) is 3. The van der Waals surface area contributed by atoms with Gasteiger partial charge in [-0.1, -0.05) is 24.3 Å². The summed E-state index contributed by atoms with van der Waals surface area (Å²) in [4.78, 5) is 15.4. The van der Waals surface area contributed by atoms with Gasteiger partial charge in [-0.15, -0.1) is 0 Å². The molecule has 0 N–H and O–H groups in total. The summed E-state index contributed by atoms with van der Waals surface area (Å²) >= 11 is 0. The van der Waals surface area contributed by atoms with Crippen molar-refractivity contribution in [1.82, 2.24) is 9.55 Å². The lowest BCUT2D eigenvalue weighted by atomic mass is 10.2. The molecule has 0 bridgehead atoms. The summed E-state index contributed by atoms with van der Waals surface area (Å²) in [5.41, 5.74) is 0.0570. The monoisotopic (exact) mass is 360 g/mol. The highest BCUT2D eigenvalue weighted by Crippen LogP contribution is 2.27. The van der Waals surface area contributed by atoms with Gasteiger partial charge in [-0.3, -0.25) is 9.78 Å². The van der Waals surface area contributed by atoms with Crippen LogP contribution in [0.2, 0.25) is 0 Å². The van der Waals surface area contributed by atoms with Crippen LogP contribution < -0.4 is 10.3 Å². The van der Waals surface area contributed by atoms with Gasteiger partial charge in [0.05, 0.1) is 6.54 Å². The van der Waals surface area contributed by atoms with Gasteiger partial charge in [0.1, 0.15) is 18.1 Å². The predicted molar refractivity (Wildman–Crippen MR) is 89.8 cm³/mol. The van der Waals surface area contributed by atoms with Gasteiger partial charge in [-0.2, -0.15) is 13.2 Å². The molecule has 0 atom stereocenters. The molecule has 0 spiro atoms. The van der Waals surface area contributed by atoms with E-state index in [0.717, 1.165) is 17.8 Å². The summed E-state index contributed by atoms with van der Waals surface area (Å²) < 4.78 is 44.7. The van der Waals surface area contributed by atoms with Crippen LogP contribution in [0.3, 0.4) is 0 Å². The Bertz CT molecular complexity index is 920. The van der Waals surface area contributed by atoms with Crippen LogP contribution in [-0.4, -0.2) is 9.55 Å². The minimum absolute atomic E-state index is 0.128. The van der Waals surface area contributed by atoms with Crippen molar-refractivity contribution in [3.05, 3.63) is 94.2 Å². The van der Waals surface area contributed by atoms with Crippen molar-refractivity contribution >= 4 is 0 Å². The van der Waals surface area contributed by atoms with E-state index in [2.05, 4.69) is 4.98 Å². The van der Waals surface area contributed by atoms with Crippen molar-refractivity contribution in [2.45, 2.75) is 19.3 Å². The number of rotatable bonds is 5. The lowest BCUT2D eigenvalue weighted by molar-refractivity contribution is -0.141. The van der Waals surface area contributed by atoms with Crippen molar-refractivity contribution in [2.24, 2.45) is 0 Å². The summed E-state index contributed by atoms with van der Waals surface area (Å²) in [5, 5.41) is 0. The predicted octanol–water partition coefficient (Wildman–Crippen LogP) is 3.89. The fraction of sp³-hybridized carbons (Fsp3) is 0.158. The number of ether oxygens (including phenoxy) is 1. The van der Waals surface area contributed by atoms with Crippen LogP contribution in [0.1, 0.15) is 16.8 Å². The molecule has 3 rings (SSSR count). The van der Waals surface area contributed by atoms with Crippen LogP contribution in [0.15, 0.2) is 71.8 Å². The third-order valence-electron chi connectivity index (χ3n) is 3.66. The SMILES string of the molecule is O=c1ccc(COc2ccccc2)cn1Cc1ccc(C(F)(F)F)nc1. The van der Waals surface area contributed by atoms with E-state index in [1.807, 2.05) is 30.3 Å². The molecule has 1 aromatic carbocycles. The number of nitrogens with zero attached hydrogens (tertiary/aromatic N) is 2. The Balaban J connectivity index is 1.72. The fourth-order valence-electron chi connectivity index (χ4n) is 2.36. The molecule has 7 heteroatoms. The number of alkyl halides is 3. The molecule has 2 aromatic heterocycles. The molecule has 0 aliphatic carbocycles. The van der Waals surface area contributed by atoms with E-state index >= 15 is 0 Å². The zero-order valence-electron chi connectivity index (χ0n) is 13.6. The maximum Gasteiger partial charge on any atom is 0.433 e. The van der Waals surface area contributed by atoms with Crippen molar-refractivity contribution in [3.8, 4) is 5.75 Å². The Labute approximate surface area is 147 Å². The van der Waals surface area contributed by atoms with Gasteiger partial charge in [0.25, 0.3) is 5.56 Å². The van der Waals surface area contributed by atoms with Gasteiger partial charge in [-0.25, -0.2) is 0 Å². The number of aromatic nitrogens is 2. The zero-order valence-corrected chi connectivity index (χ0v) is 13.6. The van der Waals surface area contributed by atoms with Crippen LogP contribution in [-0.2, 0) is 19.3 Å². The number of para-hydroxylation sites is 1. The zero-order chi connectivity index (χ0) is 18.6. The molecule has 4 nitrogen and oxygen atoms in total. The fourth-order valence-corrected chi connectivity index (χ4v) is 2.36. The van der Waals surface area contributed by atoms with Gasteiger partial charge in [0.2, 0.25) is 0 Å². The van der Waals surface area contributed by atoms with Gasteiger partial charge in [-0.05, 0) is 29.8 Å². The van der Waals surface area contributed by atoms with E-state index in [1.54, 1.807) is 12.3 Å². The highest BCUT2D eigenvalue weighted by atomic mass is 19.4. The third kappa shape index (κ3) is 4.50. The first-order valence-electron chi connectivity index (χ1n) is 7.81. The Morgan fingerprint density at radius 3 is 2.35 bits per heavy atom. The van der Waals surface area contributed by atoms with Crippen LogP contribution in [0.5, 0.6) is 5.75 Å². The Kier molecular flexibility index (Phi) is 5.06. The highest BCUT2D eigenvalue weighted by Gasteiger charge is 2.31.